The van der Waals surface area contributed by atoms with Crippen LogP contribution in [0.15, 0.2) is 22.8 Å². The van der Waals surface area contributed by atoms with E-state index >= 15 is 0 Å². The minimum absolute atomic E-state index is 0.189. The molecule has 0 saturated heterocycles. The van der Waals surface area contributed by atoms with Crippen LogP contribution in [-0.2, 0) is 0 Å². The van der Waals surface area contributed by atoms with E-state index in [4.69, 9.17) is 10.2 Å². The highest BCUT2D eigenvalue weighted by molar-refractivity contribution is 7.80. The van der Waals surface area contributed by atoms with Crippen molar-refractivity contribution >= 4 is 23.1 Å². The van der Waals surface area contributed by atoms with Crippen molar-refractivity contribution < 1.29 is 9.21 Å². The van der Waals surface area contributed by atoms with Gasteiger partial charge in [-0.1, -0.05) is 12.2 Å². The molecular formula is C7H8N2O2S. The van der Waals surface area contributed by atoms with Crippen LogP contribution in [0, 0.1) is 0 Å². The molecule has 0 bridgehead atoms. The van der Waals surface area contributed by atoms with Crippen LogP contribution in [0.2, 0.25) is 0 Å². The molecule has 0 saturated carbocycles. The molecule has 1 heterocycles. The van der Waals surface area contributed by atoms with E-state index in [1.165, 1.54) is 6.26 Å². The van der Waals surface area contributed by atoms with Crippen molar-refractivity contribution in [2.24, 2.45) is 5.73 Å². The van der Waals surface area contributed by atoms with Crippen LogP contribution in [0.5, 0.6) is 0 Å². The minimum Gasteiger partial charge on any atom is -0.459 e. The second-order valence-electron chi connectivity index (χ2n) is 2.13. The van der Waals surface area contributed by atoms with Crippen LogP contribution < -0.4 is 11.1 Å². The highest BCUT2D eigenvalue weighted by Gasteiger charge is 2.06. The SMILES string of the molecule is NC(=S)CNC(=O)c1ccco1. The maximum atomic E-state index is 11.1. The summed E-state index contributed by atoms with van der Waals surface area (Å²) in [4.78, 5) is 11.3. The van der Waals surface area contributed by atoms with Crippen molar-refractivity contribution in [2.75, 3.05) is 6.54 Å². The molecule has 0 spiro atoms. The van der Waals surface area contributed by atoms with E-state index in [9.17, 15) is 4.79 Å². The largest absolute Gasteiger partial charge is 0.459 e. The predicted octanol–water partition coefficient (Wildman–Crippen LogP) is 0.295. The minimum atomic E-state index is -0.312. The van der Waals surface area contributed by atoms with Crippen molar-refractivity contribution in [3.8, 4) is 0 Å². The second kappa shape index (κ2) is 3.87. The summed E-state index contributed by atoms with van der Waals surface area (Å²) in [5, 5.41) is 2.49. The summed E-state index contributed by atoms with van der Waals surface area (Å²) in [6.45, 7) is 0.189. The molecule has 0 aliphatic heterocycles. The summed E-state index contributed by atoms with van der Waals surface area (Å²) in [5.74, 6) is -0.0564. The number of amides is 1. The van der Waals surface area contributed by atoms with Gasteiger partial charge in [0.15, 0.2) is 5.76 Å². The number of furan rings is 1. The lowest BCUT2D eigenvalue weighted by Crippen LogP contribution is -2.31. The molecule has 0 atom stereocenters. The van der Waals surface area contributed by atoms with Gasteiger partial charge in [-0.15, -0.1) is 0 Å². The van der Waals surface area contributed by atoms with E-state index in [0.717, 1.165) is 0 Å². The summed E-state index contributed by atoms with van der Waals surface area (Å²) >= 11 is 4.58. The van der Waals surface area contributed by atoms with Crippen LogP contribution >= 0.6 is 12.2 Å². The Hall–Kier alpha value is -1.36. The molecular weight excluding hydrogens is 176 g/mol. The summed E-state index contributed by atoms with van der Waals surface area (Å²) in [6.07, 6.45) is 1.43. The average molecular weight is 184 g/mol. The smallest absolute Gasteiger partial charge is 0.287 e. The Kier molecular flexibility index (Phi) is 2.82. The molecule has 5 heteroatoms. The monoisotopic (exact) mass is 184 g/mol. The maximum Gasteiger partial charge on any atom is 0.287 e. The number of rotatable bonds is 3. The highest BCUT2D eigenvalue weighted by Crippen LogP contribution is 1.98. The van der Waals surface area contributed by atoms with E-state index in [0.29, 0.717) is 0 Å². The second-order valence-corrected chi connectivity index (χ2v) is 2.65. The molecule has 0 unspecified atom stereocenters. The normalized spacial score (nSPS) is 9.33. The zero-order valence-electron chi connectivity index (χ0n) is 6.24. The number of hydrogen-bond donors (Lipinski definition) is 2. The fraction of sp³-hybridized carbons (Fsp3) is 0.143. The first-order valence-electron chi connectivity index (χ1n) is 3.30. The Morgan fingerprint density at radius 1 is 1.75 bits per heavy atom. The number of nitrogens with two attached hydrogens (primary N) is 1. The summed E-state index contributed by atoms with van der Waals surface area (Å²) in [7, 11) is 0. The first-order chi connectivity index (χ1) is 5.70. The van der Waals surface area contributed by atoms with Gasteiger partial charge in [-0.3, -0.25) is 4.79 Å². The van der Waals surface area contributed by atoms with E-state index in [2.05, 4.69) is 17.5 Å². The summed E-state index contributed by atoms with van der Waals surface area (Å²) in [6, 6.07) is 3.20. The Balaban J connectivity index is 2.45. The van der Waals surface area contributed by atoms with Crippen molar-refractivity contribution in [3.63, 3.8) is 0 Å². The van der Waals surface area contributed by atoms with Gasteiger partial charge in [0.05, 0.1) is 17.8 Å². The van der Waals surface area contributed by atoms with Crippen LogP contribution in [0.1, 0.15) is 10.6 Å². The Morgan fingerprint density at radius 2 is 2.50 bits per heavy atom. The fourth-order valence-electron chi connectivity index (χ4n) is 0.662. The van der Waals surface area contributed by atoms with Gasteiger partial charge in [-0.2, -0.15) is 0 Å². The van der Waals surface area contributed by atoms with E-state index in [-0.39, 0.29) is 23.2 Å². The van der Waals surface area contributed by atoms with Gasteiger partial charge in [0, 0.05) is 0 Å². The highest BCUT2D eigenvalue weighted by atomic mass is 32.1. The van der Waals surface area contributed by atoms with E-state index in [1.807, 2.05) is 0 Å². The third-order valence-corrected chi connectivity index (χ3v) is 1.31. The van der Waals surface area contributed by atoms with Gasteiger partial charge in [0.1, 0.15) is 0 Å². The lowest BCUT2D eigenvalue weighted by atomic mass is 10.4. The standard InChI is InChI=1S/C7H8N2O2S/c8-6(12)4-9-7(10)5-2-1-3-11-5/h1-3H,4H2,(H2,8,12)(H,9,10). The quantitative estimate of drug-likeness (QED) is 0.663. The Labute approximate surface area is 74.7 Å². The number of hydrogen-bond acceptors (Lipinski definition) is 3. The average Bonchev–Trinajstić information content (AvgIpc) is 2.51. The molecule has 64 valence electrons. The molecule has 1 rings (SSSR count). The van der Waals surface area contributed by atoms with Crippen molar-refractivity contribution in [1.82, 2.24) is 5.32 Å². The van der Waals surface area contributed by atoms with Gasteiger partial charge in [-0.05, 0) is 12.1 Å². The van der Waals surface area contributed by atoms with Crippen LogP contribution in [0.25, 0.3) is 0 Å². The van der Waals surface area contributed by atoms with Crippen LogP contribution in [-0.4, -0.2) is 17.4 Å². The lowest BCUT2D eigenvalue weighted by molar-refractivity contribution is 0.0932. The third kappa shape index (κ3) is 2.35. The maximum absolute atomic E-state index is 11.1. The lowest BCUT2D eigenvalue weighted by Gasteiger charge is -1.99. The molecule has 3 N–H and O–H groups in total. The summed E-state index contributed by atoms with van der Waals surface area (Å²) < 4.78 is 4.83. The molecule has 0 fully saturated rings. The van der Waals surface area contributed by atoms with Gasteiger partial charge in [0.2, 0.25) is 0 Å². The third-order valence-electron chi connectivity index (χ3n) is 1.17. The number of nitrogens with one attached hydrogen (secondary N) is 1. The molecule has 0 radical (unpaired) electrons. The van der Waals surface area contributed by atoms with Crippen molar-refractivity contribution in [3.05, 3.63) is 24.2 Å². The van der Waals surface area contributed by atoms with E-state index in [1.54, 1.807) is 12.1 Å². The van der Waals surface area contributed by atoms with Gasteiger partial charge in [-0.25, -0.2) is 0 Å². The van der Waals surface area contributed by atoms with E-state index < -0.39 is 0 Å². The zero-order valence-corrected chi connectivity index (χ0v) is 7.06. The first-order valence-corrected chi connectivity index (χ1v) is 3.71. The van der Waals surface area contributed by atoms with Crippen LogP contribution in [0.4, 0.5) is 0 Å². The predicted molar refractivity (Wildman–Crippen MR) is 47.8 cm³/mol. The first kappa shape index (κ1) is 8.73. The molecule has 0 aliphatic rings. The molecule has 1 amide bonds. The van der Waals surface area contributed by atoms with Gasteiger partial charge < -0.3 is 15.5 Å². The molecule has 0 aliphatic carbocycles. The molecule has 12 heavy (non-hydrogen) atoms. The van der Waals surface area contributed by atoms with Crippen molar-refractivity contribution in [1.29, 1.82) is 0 Å². The van der Waals surface area contributed by atoms with Crippen molar-refractivity contribution in [2.45, 2.75) is 0 Å². The molecule has 4 nitrogen and oxygen atoms in total. The molecule has 1 aromatic heterocycles. The molecule has 1 aromatic rings. The molecule has 0 aromatic carbocycles. The topological polar surface area (TPSA) is 68.3 Å². The fourth-order valence-corrected chi connectivity index (χ4v) is 0.734. The number of carbonyl (C=O) groups excluding carboxylic acids is 1. The van der Waals surface area contributed by atoms with Gasteiger partial charge >= 0.3 is 0 Å². The zero-order chi connectivity index (χ0) is 8.97. The van der Waals surface area contributed by atoms with Crippen LogP contribution in [0.3, 0.4) is 0 Å². The number of carbonyl (C=O) groups is 1. The number of thiocarbonyl (C=S) groups is 1. The Bertz CT molecular complexity index is 282. The summed E-state index contributed by atoms with van der Waals surface area (Å²) in [5.41, 5.74) is 5.18. The Morgan fingerprint density at radius 3 is 3.00 bits per heavy atom. The van der Waals surface area contributed by atoms with Gasteiger partial charge in [0.25, 0.3) is 5.91 Å².